The SMILES string of the molecule is Cc1cc(C(=O)C(C)n2cc(Br)ccc2=O)c(C)n1Cc1cccc(C#N)c1. The highest BCUT2D eigenvalue weighted by atomic mass is 79.9. The molecule has 0 bridgehead atoms. The largest absolute Gasteiger partial charge is 0.344 e. The molecule has 2 heterocycles. The number of benzene rings is 1. The molecule has 0 fully saturated rings. The molecule has 1 atom stereocenters. The summed E-state index contributed by atoms with van der Waals surface area (Å²) in [5.41, 5.74) is 3.80. The summed E-state index contributed by atoms with van der Waals surface area (Å²) >= 11 is 3.35. The lowest BCUT2D eigenvalue weighted by Gasteiger charge is -2.15. The minimum absolute atomic E-state index is 0.106. The molecule has 5 nitrogen and oxygen atoms in total. The molecule has 2 aromatic heterocycles. The molecule has 28 heavy (non-hydrogen) atoms. The molecule has 0 spiro atoms. The van der Waals surface area contributed by atoms with Gasteiger partial charge in [0, 0.05) is 40.2 Å². The van der Waals surface area contributed by atoms with E-state index in [2.05, 4.69) is 26.6 Å². The van der Waals surface area contributed by atoms with Crippen LogP contribution in [0.2, 0.25) is 0 Å². The average molecular weight is 438 g/mol. The molecule has 6 heteroatoms. The number of aryl methyl sites for hydroxylation is 1. The zero-order valence-corrected chi connectivity index (χ0v) is 17.5. The van der Waals surface area contributed by atoms with Crippen LogP contribution < -0.4 is 5.56 Å². The predicted molar refractivity (Wildman–Crippen MR) is 112 cm³/mol. The summed E-state index contributed by atoms with van der Waals surface area (Å²) in [4.78, 5) is 25.3. The topological polar surface area (TPSA) is 67.8 Å². The molecule has 3 aromatic rings. The van der Waals surface area contributed by atoms with E-state index in [1.54, 1.807) is 25.3 Å². The average Bonchev–Trinajstić information content (AvgIpc) is 2.97. The maximum atomic E-state index is 13.1. The maximum Gasteiger partial charge on any atom is 0.251 e. The Morgan fingerprint density at radius 3 is 2.68 bits per heavy atom. The van der Waals surface area contributed by atoms with Crippen LogP contribution in [0.3, 0.4) is 0 Å². The van der Waals surface area contributed by atoms with Gasteiger partial charge in [0.05, 0.1) is 17.7 Å². The van der Waals surface area contributed by atoms with Gasteiger partial charge in [-0.1, -0.05) is 12.1 Å². The molecule has 0 amide bonds. The molecule has 0 aliphatic carbocycles. The fourth-order valence-electron chi connectivity index (χ4n) is 3.35. The number of hydrogen-bond acceptors (Lipinski definition) is 3. The van der Waals surface area contributed by atoms with Crippen molar-refractivity contribution in [3.05, 3.63) is 91.6 Å². The molecule has 1 unspecified atom stereocenters. The van der Waals surface area contributed by atoms with Gasteiger partial charge in [-0.2, -0.15) is 5.26 Å². The Morgan fingerprint density at radius 2 is 1.96 bits per heavy atom. The number of carbonyl (C=O) groups excluding carboxylic acids is 1. The predicted octanol–water partition coefficient (Wildman–Crippen LogP) is 4.39. The van der Waals surface area contributed by atoms with Gasteiger partial charge in [-0.25, -0.2) is 0 Å². The summed E-state index contributed by atoms with van der Waals surface area (Å²) < 4.78 is 4.24. The summed E-state index contributed by atoms with van der Waals surface area (Å²) in [6.45, 7) is 6.17. The van der Waals surface area contributed by atoms with E-state index in [0.29, 0.717) is 17.7 Å². The summed E-state index contributed by atoms with van der Waals surface area (Å²) in [5, 5.41) is 9.09. The molecule has 0 aliphatic rings. The smallest absolute Gasteiger partial charge is 0.251 e. The second-order valence-electron chi connectivity index (χ2n) is 6.82. The Balaban J connectivity index is 1.94. The van der Waals surface area contributed by atoms with Crippen LogP contribution in [0.4, 0.5) is 0 Å². The van der Waals surface area contributed by atoms with Crippen molar-refractivity contribution in [3.8, 4) is 6.07 Å². The van der Waals surface area contributed by atoms with E-state index in [1.165, 1.54) is 10.6 Å². The lowest BCUT2D eigenvalue weighted by atomic mass is 10.1. The monoisotopic (exact) mass is 437 g/mol. The van der Waals surface area contributed by atoms with E-state index in [4.69, 9.17) is 5.26 Å². The Labute approximate surface area is 172 Å². The molecule has 142 valence electrons. The van der Waals surface area contributed by atoms with E-state index in [9.17, 15) is 9.59 Å². The van der Waals surface area contributed by atoms with Gasteiger partial charge in [0.1, 0.15) is 0 Å². The molecule has 3 rings (SSSR count). The number of nitrogens with zero attached hydrogens (tertiary/aromatic N) is 3. The van der Waals surface area contributed by atoms with Gasteiger partial charge in [-0.15, -0.1) is 0 Å². The molecule has 0 radical (unpaired) electrons. The van der Waals surface area contributed by atoms with Crippen molar-refractivity contribution in [1.29, 1.82) is 5.26 Å². The fraction of sp³-hybridized carbons (Fsp3) is 0.227. The number of rotatable bonds is 5. The molecular weight excluding hydrogens is 418 g/mol. The number of aromatic nitrogens is 2. The summed E-state index contributed by atoms with van der Waals surface area (Å²) in [6, 6.07) is 14.0. The van der Waals surface area contributed by atoms with Gasteiger partial charge < -0.3 is 9.13 Å². The third-order valence-corrected chi connectivity index (χ3v) is 5.40. The third-order valence-electron chi connectivity index (χ3n) is 4.93. The highest BCUT2D eigenvalue weighted by Crippen LogP contribution is 2.22. The van der Waals surface area contributed by atoms with Gasteiger partial charge in [0.25, 0.3) is 5.56 Å². The number of Topliss-reactive ketones (excluding diaryl/α,β-unsaturated/α-hetero) is 1. The van der Waals surface area contributed by atoms with Crippen molar-refractivity contribution < 1.29 is 4.79 Å². The number of halogens is 1. The van der Waals surface area contributed by atoms with Gasteiger partial charge >= 0.3 is 0 Å². The minimum Gasteiger partial charge on any atom is -0.344 e. The Bertz CT molecular complexity index is 1150. The van der Waals surface area contributed by atoms with Crippen LogP contribution in [-0.2, 0) is 6.54 Å². The van der Waals surface area contributed by atoms with Gasteiger partial charge in [-0.3, -0.25) is 9.59 Å². The first kappa shape index (κ1) is 19.8. The van der Waals surface area contributed by atoms with Crippen molar-refractivity contribution in [2.45, 2.75) is 33.4 Å². The Kier molecular flexibility index (Phi) is 5.66. The van der Waals surface area contributed by atoms with E-state index in [0.717, 1.165) is 21.4 Å². The summed E-state index contributed by atoms with van der Waals surface area (Å²) in [7, 11) is 0. The quantitative estimate of drug-likeness (QED) is 0.555. The fourth-order valence-corrected chi connectivity index (χ4v) is 3.70. The number of nitriles is 1. The first-order valence-electron chi connectivity index (χ1n) is 8.89. The van der Waals surface area contributed by atoms with Crippen LogP contribution in [0.15, 0.2) is 57.9 Å². The highest BCUT2D eigenvalue weighted by molar-refractivity contribution is 9.10. The van der Waals surface area contributed by atoms with Crippen molar-refractivity contribution in [1.82, 2.24) is 9.13 Å². The summed E-state index contributed by atoms with van der Waals surface area (Å²) in [5.74, 6) is -0.106. The van der Waals surface area contributed by atoms with E-state index >= 15 is 0 Å². The van der Waals surface area contributed by atoms with Crippen molar-refractivity contribution in [2.24, 2.45) is 0 Å². The molecule has 0 aliphatic heterocycles. The number of carbonyl (C=O) groups is 1. The van der Waals surface area contributed by atoms with Crippen LogP contribution >= 0.6 is 15.9 Å². The van der Waals surface area contributed by atoms with Crippen LogP contribution in [0.5, 0.6) is 0 Å². The van der Waals surface area contributed by atoms with Crippen LogP contribution in [0.1, 0.15) is 45.8 Å². The Hall–Kier alpha value is -2.91. The third kappa shape index (κ3) is 3.85. The second-order valence-corrected chi connectivity index (χ2v) is 7.73. The maximum absolute atomic E-state index is 13.1. The van der Waals surface area contributed by atoms with Gasteiger partial charge in [0.15, 0.2) is 5.78 Å². The first-order chi connectivity index (χ1) is 13.3. The zero-order chi connectivity index (χ0) is 20.4. The second kappa shape index (κ2) is 7.99. The van der Waals surface area contributed by atoms with Crippen molar-refractivity contribution in [2.75, 3.05) is 0 Å². The lowest BCUT2D eigenvalue weighted by Crippen LogP contribution is -2.27. The number of pyridine rings is 1. The van der Waals surface area contributed by atoms with Crippen LogP contribution in [0.25, 0.3) is 0 Å². The van der Waals surface area contributed by atoms with Gasteiger partial charge in [-0.05, 0) is 66.5 Å². The number of hydrogen-bond donors (Lipinski definition) is 0. The molecule has 0 saturated carbocycles. The Morgan fingerprint density at radius 1 is 1.21 bits per heavy atom. The molecule has 0 saturated heterocycles. The molecular formula is C22H20BrN3O2. The lowest BCUT2D eigenvalue weighted by molar-refractivity contribution is 0.0932. The summed E-state index contributed by atoms with van der Waals surface area (Å²) in [6.07, 6.45) is 1.64. The standard InChI is InChI=1S/C22H20BrN3O2/c1-14-9-20(22(28)16(3)26-13-19(23)7-8-21(26)27)15(2)25(14)12-18-6-4-5-17(10-18)11-24/h4-10,13,16H,12H2,1-3H3. The van der Waals surface area contributed by atoms with E-state index in [1.807, 2.05) is 38.1 Å². The van der Waals surface area contributed by atoms with Crippen LogP contribution in [-0.4, -0.2) is 14.9 Å². The van der Waals surface area contributed by atoms with Crippen molar-refractivity contribution in [3.63, 3.8) is 0 Å². The molecule has 1 aromatic carbocycles. The van der Waals surface area contributed by atoms with Crippen LogP contribution in [0, 0.1) is 25.2 Å². The minimum atomic E-state index is -0.610. The van der Waals surface area contributed by atoms with Crippen molar-refractivity contribution >= 4 is 21.7 Å². The normalized spacial score (nSPS) is 11.8. The molecule has 0 N–H and O–H groups in total. The number of ketones is 1. The highest BCUT2D eigenvalue weighted by Gasteiger charge is 2.23. The zero-order valence-electron chi connectivity index (χ0n) is 15.9. The van der Waals surface area contributed by atoms with E-state index in [-0.39, 0.29) is 11.3 Å². The van der Waals surface area contributed by atoms with Gasteiger partial charge in [0.2, 0.25) is 0 Å². The van der Waals surface area contributed by atoms with E-state index < -0.39 is 6.04 Å². The first-order valence-corrected chi connectivity index (χ1v) is 9.68.